The highest BCUT2D eigenvalue weighted by Gasteiger charge is 2.14. The SMILES string of the molecule is COc1cc(C)c(N)c(O)c1OC.Cc1ccc(N)c(O)c1C.Nc1ccccc1O. The third-order valence-electron chi connectivity index (χ3n) is 4.56. The van der Waals surface area contributed by atoms with Crippen LogP contribution in [0.1, 0.15) is 16.7 Å². The summed E-state index contributed by atoms with van der Waals surface area (Å²) in [6.45, 7) is 5.58. The van der Waals surface area contributed by atoms with Crippen molar-refractivity contribution in [3.05, 3.63) is 59.2 Å². The van der Waals surface area contributed by atoms with E-state index in [2.05, 4.69) is 0 Å². The number of ether oxygens (including phenoxy) is 2. The van der Waals surface area contributed by atoms with Crippen molar-refractivity contribution in [2.24, 2.45) is 0 Å². The van der Waals surface area contributed by atoms with Gasteiger partial charge in [-0.15, -0.1) is 0 Å². The molecule has 0 heterocycles. The highest BCUT2D eigenvalue weighted by Crippen LogP contribution is 2.42. The van der Waals surface area contributed by atoms with E-state index in [1.165, 1.54) is 14.2 Å². The van der Waals surface area contributed by atoms with E-state index in [0.29, 0.717) is 22.8 Å². The highest BCUT2D eigenvalue weighted by molar-refractivity contribution is 5.68. The van der Waals surface area contributed by atoms with Crippen LogP contribution in [0.4, 0.5) is 17.1 Å². The fraction of sp³-hybridized carbons (Fsp3) is 0.217. The van der Waals surface area contributed by atoms with Crippen molar-refractivity contribution in [2.45, 2.75) is 20.8 Å². The first-order valence-corrected chi connectivity index (χ1v) is 9.33. The van der Waals surface area contributed by atoms with E-state index in [-0.39, 0.29) is 23.0 Å². The Morgan fingerprint density at radius 1 is 0.710 bits per heavy atom. The molecule has 0 radical (unpaired) electrons. The van der Waals surface area contributed by atoms with Gasteiger partial charge in [-0.3, -0.25) is 0 Å². The number of nitrogen functional groups attached to an aromatic ring is 3. The Morgan fingerprint density at radius 3 is 1.77 bits per heavy atom. The molecule has 0 spiro atoms. The van der Waals surface area contributed by atoms with Gasteiger partial charge in [0.05, 0.1) is 31.3 Å². The minimum atomic E-state index is -0.0700. The number of hydrogen-bond donors (Lipinski definition) is 6. The Labute approximate surface area is 182 Å². The molecule has 0 aliphatic heterocycles. The predicted octanol–water partition coefficient (Wildman–Crippen LogP) is 3.87. The summed E-state index contributed by atoms with van der Waals surface area (Å²) in [5, 5.41) is 27.6. The van der Waals surface area contributed by atoms with Gasteiger partial charge in [0.15, 0.2) is 11.5 Å². The normalized spacial score (nSPS) is 9.58. The molecule has 0 amide bonds. The van der Waals surface area contributed by atoms with Crippen molar-refractivity contribution in [1.82, 2.24) is 0 Å². The number of aromatic hydroxyl groups is 3. The van der Waals surface area contributed by atoms with E-state index in [1.54, 1.807) is 43.3 Å². The standard InChI is InChI=1S/C9H13NO3.C8H11NO.C6H7NO/c1-5-4-6(12-2)9(13-3)8(11)7(5)10;1-5-3-4-7(9)8(10)6(5)2;7-5-3-1-2-4-6(5)8/h4,11H,10H2,1-3H3;3-4,10H,9H2,1-2H3;1-4,8H,7H2. The van der Waals surface area contributed by atoms with E-state index in [9.17, 15) is 10.2 Å². The highest BCUT2D eigenvalue weighted by atomic mass is 16.5. The Bertz CT molecular complexity index is 975. The molecule has 0 atom stereocenters. The minimum Gasteiger partial charge on any atom is -0.506 e. The van der Waals surface area contributed by atoms with Crippen molar-refractivity contribution in [2.75, 3.05) is 31.4 Å². The number of anilines is 3. The lowest BCUT2D eigenvalue weighted by Crippen LogP contribution is -1.96. The second-order valence-corrected chi connectivity index (χ2v) is 6.70. The van der Waals surface area contributed by atoms with E-state index >= 15 is 0 Å². The maximum Gasteiger partial charge on any atom is 0.205 e. The lowest BCUT2D eigenvalue weighted by atomic mass is 10.1. The predicted molar refractivity (Wildman–Crippen MR) is 125 cm³/mol. The number of aryl methyl sites for hydroxylation is 2. The molecular formula is C23H31N3O5. The summed E-state index contributed by atoms with van der Waals surface area (Å²) in [4.78, 5) is 0. The second kappa shape index (κ2) is 11.3. The van der Waals surface area contributed by atoms with Crippen LogP contribution < -0.4 is 26.7 Å². The van der Waals surface area contributed by atoms with Crippen LogP contribution in [0.5, 0.6) is 28.7 Å². The zero-order chi connectivity index (χ0) is 23.7. The van der Waals surface area contributed by atoms with Crippen LogP contribution >= 0.6 is 0 Å². The van der Waals surface area contributed by atoms with Crippen LogP contribution in [0.3, 0.4) is 0 Å². The largest absolute Gasteiger partial charge is 0.506 e. The number of phenols is 3. The molecule has 0 aromatic heterocycles. The third-order valence-corrected chi connectivity index (χ3v) is 4.56. The second-order valence-electron chi connectivity index (χ2n) is 6.70. The van der Waals surface area contributed by atoms with Gasteiger partial charge in [-0.1, -0.05) is 18.2 Å². The Kier molecular flexibility index (Phi) is 9.15. The average molecular weight is 430 g/mol. The van der Waals surface area contributed by atoms with E-state index < -0.39 is 0 Å². The van der Waals surface area contributed by atoms with E-state index in [4.69, 9.17) is 31.8 Å². The number of benzene rings is 3. The van der Waals surface area contributed by atoms with E-state index in [1.807, 2.05) is 19.9 Å². The molecule has 3 rings (SSSR count). The average Bonchev–Trinajstić information content (AvgIpc) is 2.76. The molecule has 8 nitrogen and oxygen atoms in total. The number of nitrogens with two attached hydrogens (primary N) is 3. The smallest absolute Gasteiger partial charge is 0.205 e. The zero-order valence-corrected chi connectivity index (χ0v) is 18.4. The van der Waals surface area contributed by atoms with Crippen molar-refractivity contribution >= 4 is 17.1 Å². The molecule has 31 heavy (non-hydrogen) atoms. The van der Waals surface area contributed by atoms with Crippen LogP contribution in [0.15, 0.2) is 42.5 Å². The molecule has 0 saturated carbocycles. The monoisotopic (exact) mass is 429 g/mol. The van der Waals surface area contributed by atoms with Crippen molar-refractivity contribution in [3.63, 3.8) is 0 Å². The van der Waals surface area contributed by atoms with Crippen molar-refractivity contribution in [3.8, 4) is 28.7 Å². The fourth-order valence-electron chi connectivity index (χ4n) is 2.42. The van der Waals surface area contributed by atoms with Crippen LogP contribution in [0.25, 0.3) is 0 Å². The Morgan fingerprint density at radius 2 is 1.32 bits per heavy atom. The lowest BCUT2D eigenvalue weighted by molar-refractivity contribution is 0.333. The van der Waals surface area contributed by atoms with Gasteiger partial charge in [-0.2, -0.15) is 0 Å². The molecule has 3 aromatic carbocycles. The summed E-state index contributed by atoms with van der Waals surface area (Å²) in [5.41, 5.74) is 20.2. The summed E-state index contributed by atoms with van der Waals surface area (Å²) < 4.78 is 9.96. The van der Waals surface area contributed by atoms with Gasteiger partial charge in [-0.05, 0) is 61.7 Å². The van der Waals surface area contributed by atoms with Crippen LogP contribution in [0, 0.1) is 20.8 Å². The van der Waals surface area contributed by atoms with Crippen molar-refractivity contribution in [1.29, 1.82) is 0 Å². The molecule has 0 bridgehead atoms. The van der Waals surface area contributed by atoms with E-state index in [0.717, 1.165) is 16.7 Å². The maximum atomic E-state index is 9.56. The lowest BCUT2D eigenvalue weighted by Gasteiger charge is -2.12. The summed E-state index contributed by atoms with van der Waals surface area (Å²) in [6.07, 6.45) is 0. The van der Waals surface area contributed by atoms with Gasteiger partial charge in [0.1, 0.15) is 11.5 Å². The summed E-state index contributed by atoms with van der Waals surface area (Å²) in [7, 11) is 2.96. The maximum absolute atomic E-state index is 9.56. The summed E-state index contributed by atoms with van der Waals surface area (Å²) >= 11 is 0. The molecule has 0 aliphatic rings. The zero-order valence-electron chi connectivity index (χ0n) is 18.4. The Balaban J connectivity index is 0.000000240. The molecule has 3 aromatic rings. The summed E-state index contributed by atoms with van der Waals surface area (Å²) in [6, 6.07) is 12.0. The molecule has 0 unspecified atom stereocenters. The quantitative estimate of drug-likeness (QED) is 0.265. The number of methoxy groups -OCH3 is 2. The van der Waals surface area contributed by atoms with Gasteiger partial charge < -0.3 is 42.0 Å². The summed E-state index contributed by atoms with van der Waals surface area (Å²) in [5.74, 6) is 1.03. The van der Waals surface area contributed by atoms with Crippen LogP contribution in [0.2, 0.25) is 0 Å². The topological polar surface area (TPSA) is 157 Å². The van der Waals surface area contributed by atoms with Gasteiger partial charge in [0, 0.05) is 0 Å². The minimum absolute atomic E-state index is 0.0700. The number of phenolic OH excluding ortho intramolecular Hbond substituents is 3. The first-order chi connectivity index (χ1) is 14.5. The van der Waals surface area contributed by atoms with Crippen molar-refractivity contribution < 1.29 is 24.8 Å². The molecular weight excluding hydrogens is 398 g/mol. The fourth-order valence-corrected chi connectivity index (χ4v) is 2.42. The molecule has 0 fully saturated rings. The number of hydrogen-bond acceptors (Lipinski definition) is 8. The van der Waals surface area contributed by atoms with Gasteiger partial charge in [0.2, 0.25) is 5.75 Å². The van der Waals surface area contributed by atoms with Gasteiger partial charge >= 0.3 is 0 Å². The van der Waals surface area contributed by atoms with Gasteiger partial charge in [-0.25, -0.2) is 0 Å². The van der Waals surface area contributed by atoms with Gasteiger partial charge in [0.25, 0.3) is 0 Å². The number of rotatable bonds is 2. The number of para-hydroxylation sites is 2. The molecule has 0 aliphatic carbocycles. The molecule has 9 N–H and O–H groups in total. The van der Waals surface area contributed by atoms with Crippen LogP contribution in [-0.4, -0.2) is 29.5 Å². The molecule has 0 saturated heterocycles. The molecule has 168 valence electrons. The third kappa shape index (κ3) is 6.53. The van der Waals surface area contributed by atoms with Crippen LogP contribution in [-0.2, 0) is 0 Å². The first-order valence-electron chi connectivity index (χ1n) is 9.33. The molecule has 8 heteroatoms. The Hall–Kier alpha value is -3.94. The first kappa shape index (κ1) is 25.1.